The summed E-state index contributed by atoms with van der Waals surface area (Å²) < 4.78 is 28.3. The van der Waals surface area contributed by atoms with Crippen molar-refractivity contribution in [2.75, 3.05) is 0 Å². The number of ether oxygens (including phenoxy) is 5. The van der Waals surface area contributed by atoms with Crippen LogP contribution in [0.25, 0.3) is 0 Å². The number of hydrogen-bond acceptors (Lipinski definition) is 10. The second-order valence-electron chi connectivity index (χ2n) is 21.3. The minimum atomic E-state index is -0.555. The second-order valence-corrected chi connectivity index (χ2v) is 21.3. The Balaban J connectivity index is 0.000000161. The Morgan fingerprint density at radius 2 is 1.27 bits per heavy atom. The van der Waals surface area contributed by atoms with E-state index in [0.717, 1.165) is 44.4 Å². The van der Waals surface area contributed by atoms with E-state index in [1.54, 1.807) is 0 Å². The fourth-order valence-electron chi connectivity index (χ4n) is 10.4. The van der Waals surface area contributed by atoms with Crippen LogP contribution in [0.2, 0.25) is 0 Å². The van der Waals surface area contributed by atoms with E-state index in [1.165, 1.54) is 38.5 Å². The molecule has 8 fully saturated rings. The molecule has 0 spiro atoms. The minimum absolute atomic E-state index is 0.0439. The molecule has 56 heavy (non-hydrogen) atoms. The Bertz CT molecular complexity index is 1420. The Kier molecular flexibility index (Phi) is 13.2. The van der Waals surface area contributed by atoms with E-state index < -0.39 is 28.6 Å². The SMILES string of the molecule is CCC(C)(C)C(=O)OC12CC3CC(CC(O)(C3)C1)C2.CCC(C)(C)C(=O)OC1C2CC3C(=O)OC1C3O2.CCC1CCC(C(C)(C)OC(=O)C(C)(C)CC)CC1. The zero-order valence-electron chi connectivity index (χ0n) is 36.9. The van der Waals surface area contributed by atoms with Gasteiger partial charge in [0.15, 0.2) is 12.2 Å². The number of carbonyl (C=O) groups excluding carboxylic acids is 4. The molecule has 320 valence electrons. The predicted octanol–water partition coefficient (Wildman–Crippen LogP) is 9.06. The van der Waals surface area contributed by atoms with E-state index in [9.17, 15) is 24.3 Å². The largest absolute Gasteiger partial charge is 0.459 e. The van der Waals surface area contributed by atoms with Gasteiger partial charge in [-0.25, -0.2) is 0 Å². The molecule has 1 N–H and O–H groups in total. The number of fused-ring (bicyclic) bond motifs is 1. The van der Waals surface area contributed by atoms with Gasteiger partial charge in [-0.2, -0.15) is 0 Å². The van der Waals surface area contributed by atoms with Crippen LogP contribution in [-0.2, 0) is 42.9 Å². The van der Waals surface area contributed by atoms with Gasteiger partial charge in [0.05, 0.1) is 33.9 Å². The van der Waals surface area contributed by atoms with Crippen molar-refractivity contribution >= 4 is 23.9 Å². The maximum Gasteiger partial charge on any atom is 0.312 e. The third-order valence-electron chi connectivity index (χ3n) is 15.4. The Hall–Kier alpha value is -2.20. The van der Waals surface area contributed by atoms with Crippen molar-refractivity contribution in [2.24, 2.45) is 45.8 Å². The normalized spacial score (nSPS) is 36.8. The van der Waals surface area contributed by atoms with Crippen molar-refractivity contribution in [3.63, 3.8) is 0 Å². The molecule has 3 saturated heterocycles. The molecule has 3 heterocycles. The number of aliphatic hydroxyl groups is 1. The van der Waals surface area contributed by atoms with Crippen molar-refractivity contribution in [2.45, 2.75) is 221 Å². The molecular formula is C46H76O10. The van der Waals surface area contributed by atoms with Crippen LogP contribution in [0.15, 0.2) is 0 Å². The second kappa shape index (κ2) is 16.5. The molecule has 7 unspecified atom stereocenters. The van der Waals surface area contributed by atoms with Crippen LogP contribution >= 0.6 is 0 Å². The third kappa shape index (κ3) is 9.47. The van der Waals surface area contributed by atoms with Crippen LogP contribution in [0.1, 0.15) is 179 Å². The third-order valence-corrected chi connectivity index (χ3v) is 15.4. The molecule has 5 saturated carbocycles. The van der Waals surface area contributed by atoms with Gasteiger partial charge in [-0.1, -0.05) is 47.0 Å². The summed E-state index contributed by atoms with van der Waals surface area (Å²) in [4.78, 5) is 48.2. The maximum absolute atomic E-state index is 12.4. The quantitative estimate of drug-likeness (QED) is 0.160. The highest BCUT2D eigenvalue weighted by Crippen LogP contribution is 2.59. The average molecular weight is 789 g/mol. The lowest BCUT2D eigenvalue weighted by Crippen LogP contribution is -2.61. The van der Waals surface area contributed by atoms with Crippen LogP contribution in [0.4, 0.5) is 0 Å². The minimum Gasteiger partial charge on any atom is -0.459 e. The molecule has 8 aliphatic rings. The summed E-state index contributed by atoms with van der Waals surface area (Å²) in [6.07, 6.45) is 13.7. The van der Waals surface area contributed by atoms with Gasteiger partial charge in [-0.3, -0.25) is 19.2 Å². The highest BCUT2D eigenvalue weighted by atomic mass is 16.7. The van der Waals surface area contributed by atoms with Crippen molar-refractivity contribution in [1.82, 2.24) is 0 Å². The standard InChI is InChI=1S/C17H32O2.C16H26O3.C13H18O5/c1-7-13-9-11-14(12-10-13)17(5,6)19-15(18)16(3,4)8-2;1-4-14(2,3)13(17)19-16-8-11-5-12(9-16)7-15(18,6-11)10-16;1-4-13(2,3)12(15)18-9-7-5-6-8(16-7)10(9)17-11(6)14/h13-14H,7-12H2,1-6H3;11-12,18H,4-10H2,1-3H3;6-10H,4-5H2,1-3H3. The van der Waals surface area contributed by atoms with E-state index in [0.29, 0.717) is 37.0 Å². The first-order chi connectivity index (χ1) is 25.9. The molecule has 0 amide bonds. The predicted molar refractivity (Wildman–Crippen MR) is 213 cm³/mol. The number of carbonyl (C=O) groups is 4. The van der Waals surface area contributed by atoms with Crippen LogP contribution in [0.3, 0.4) is 0 Å². The van der Waals surface area contributed by atoms with Gasteiger partial charge in [0.25, 0.3) is 0 Å². The van der Waals surface area contributed by atoms with Gasteiger partial charge in [0.1, 0.15) is 17.3 Å². The fraction of sp³-hybridized carbons (Fsp3) is 0.913. The van der Waals surface area contributed by atoms with Gasteiger partial charge in [-0.15, -0.1) is 0 Å². The maximum atomic E-state index is 12.4. The average Bonchev–Trinajstić information content (AvgIpc) is 3.76. The number of esters is 4. The van der Waals surface area contributed by atoms with Crippen molar-refractivity contribution < 1.29 is 48.0 Å². The molecule has 8 rings (SSSR count). The van der Waals surface area contributed by atoms with Gasteiger partial charge >= 0.3 is 23.9 Å². The van der Waals surface area contributed by atoms with Gasteiger partial charge in [0.2, 0.25) is 0 Å². The number of hydrogen-bond donors (Lipinski definition) is 1. The topological polar surface area (TPSA) is 135 Å². The molecule has 10 nitrogen and oxygen atoms in total. The molecule has 10 heteroatoms. The molecular weight excluding hydrogens is 712 g/mol. The lowest BCUT2D eigenvalue weighted by atomic mass is 9.52. The molecule has 0 radical (unpaired) electrons. The first-order valence-electron chi connectivity index (χ1n) is 22.2. The van der Waals surface area contributed by atoms with Gasteiger partial charge in [-0.05, 0) is 150 Å². The van der Waals surface area contributed by atoms with Crippen LogP contribution < -0.4 is 0 Å². The highest BCUT2D eigenvalue weighted by Gasteiger charge is 2.65. The first kappa shape index (κ1) is 44.9. The summed E-state index contributed by atoms with van der Waals surface area (Å²) in [5.41, 5.74) is -2.51. The lowest BCUT2D eigenvalue weighted by molar-refractivity contribution is -0.225. The monoisotopic (exact) mass is 789 g/mol. The van der Waals surface area contributed by atoms with E-state index >= 15 is 0 Å². The van der Waals surface area contributed by atoms with E-state index in [2.05, 4.69) is 20.8 Å². The van der Waals surface area contributed by atoms with Crippen molar-refractivity contribution in [3.05, 3.63) is 0 Å². The summed E-state index contributed by atoms with van der Waals surface area (Å²) >= 11 is 0. The van der Waals surface area contributed by atoms with E-state index in [1.807, 2.05) is 62.3 Å². The van der Waals surface area contributed by atoms with E-state index in [4.69, 9.17) is 23.7 Å². The Morgan fingerprint density at radius 3 is 1.79 bits per heavy atom. The highest BCUT2D eigenvalue weighted by molar-refractivity contribution is 5.79. The summed E-state index contributed by atoms with van der Waals surface area (Å²) in [5.74, 6) is 1.80. The zero-order chi connectivity index (χ0) is 41.6. The summed E-state index contributed by atoms with van der Waals surface area (Å²) in [7, 11) is 0. The summed E-state index contributed by atoms with van der Waals surface area (Å²) in [6, 6.07) is 0. The van der Waals surface area contributed by atoms with Gasteiger partial charge < -0.3 is 28.8 Å². The smallest absolute Gasteiger partial charge is 0.312 e. The molecule has 5 aliphatic carbocycles. The fourth-order valence-corrected chi connectivity index (χ4v) is 10.4. The Labute approximate surface area is 337 Å². The molecule has 0 aromatic carbocycles. The summed E-state index contributed by atoms with van der Waals surface area (Å²) in [5, 5.41) is 10.6. The zero-order valence-corrected chi connectivity index (χ0v) is 36.9. The summed E-state index contributed by atoms with van der Waals surface area (Å²) in [6.45, 7) is 24.0. The van der Waals surface area contributed by atoms with Crippen LogP contribution in [0.5, 0.6) is 0 Å². The lowest BCUT2D eigenvalue weighted by Gasteiger charge is -2.59. The first-order valence-corrected chi connectivity index (χ1v) is 22.2. The molecule has 7 atom stereocenters. The molecule has 0 aromatic heterocycles. The van der Waals surface area contributed by atoms with Crippen LogP contribution in [-0.4, -0.2) is 70.2 Å². The van der Waals surface area contributed by atoms with Crippen molar-refractivity contribution in [3.8, 4) is 0 Å². The molecule has 0 aromatic rings. The number of rotatable bonds is 11. The molecule has 3 aliphatic heterocycles. The van der Waals surface area contributed by atoms with Crippen LogP contribution in [0, 0.1) is 45.8 Å². The van der Waals surface area contributed by atoms with E-state index in [-0.39, 0.29) is 58.6 Å². The molecule has 6 bridgehead atoms. The van der Waals surface area contributed by atoms with Gasteiger partial charge in [0, 0.05) is 6.42 Å². The Morgan fingerprint density at radius 1 is 0.732 bits per heavy atom. The van der Waals surface area contributed by atoms with Crippen molar-refractivity contribution in [1.29, 1.82) is 0 Å².